The molecule has 0 aliphatic rings. The molecule has 0 atom stereocenters. The van der Waals surface area contributed by atoms with Gasteiger partial charge in [0.25, 0.3) is 5.91 Å². The van der Waals surface area contributed by atoms with Gasteiger partial charge in [-0.2, -0.15) is 5.10 Å². The van der Waals surface area contributed by atoms with E-state index in [9.17, 15) is 9.90 Å². The molecule has 0 saturated heterocycles. The fourth-order valence-corrected chi connectivity index (χ4v) is 4.10. The van der Waals surface area contributed by atoms with Crippen molar-refractivity contribution in [1.29, 1.82) is 0 Å². The Kier molecular flexibility index (Phi) is 6.01. The van der Waals surface area contributed by atoms with Gasteiger partial charge in [0.1, 0.15) is 11.5 Å². The number of hydrogen-bond acceptors (Lipinski definition) is 4. The van der Waals surface area contributed by atoms with E-state index < -0.39 is 5.91 Å². The third-order valence-electron chi connectivity index (χ3n) is 4.57. The Hall–Kier alpha value is -2.90. The van der Waals surface area contributed by atoms with Gasteiger partial charge in [-0.1, -0.05) is 58.4 Å². The van der Waals surface area contributed by atoms with E-state index in [1.807, 2.05) is 60.7 Å². The quantitative estimate of drug-likeness (QED) is 0.256. The average Bonchev–Trinajstić information content (AvgIpc) is 2.74. The molecule has 1 amide bonds. The molecule has 0 heterocycles. The van der Waals surface area contributed by atoms with Crippen molar-refractivity contribution in [3.63, 3.8) is 0 Å². The second-order valence-corrected chi connectivity index (χ2v) is 8.25. The molecular formula is C23H16Br2N2O3. The molecule has 2 N–H and O–H groups in total. The van der Waals surface area contributed by atoms with Crippen LogP contribution in [0.2, 0.25) is 0 Å². The summed E-state index contributed by atoms with van der Waals surface area (Å²) in [6, 6.07) is 20.7. The number of hydrogen-bond donors (Lipinski definition) is 2. The number of amides is 1. The standard InChI is InChI=1S/C23H16Br2N2O3/c24-16-7-8-18-15(11-16)6-10-21(23(18)25)30-13-22(29)27-26-12-19-17-4-2-1-3-14(17)5-9-20(19)28/h1-12,28H,13H2,(H,27,29). The molecule has 150 valence electrons. The summed E-state index contributed by atoms with van der Waals surface area (Å²) >= 11 is 7.00. The summed E-state index contributed by atoms with van der Waals surface area (Å²) in [6.07, 6.45) is 1.43. The van der Waals surface area contributed by atoms with Crippen LogP contribution in [0.5, 0.6) is 11.5 Å². The summed E-state index contributed by atoms with van der Waals surface area (Å²) in [5.74, 6) is 0.249. The number of ether oxygens (including phenoxy) is 1. The molecule has 7 heteroatoms. The molecular weight excluding hydrogens is 512 g/mol. The van der Waals surface area contributed by atoms with E-state index >= 15 is 0 Å². The monoisotopic (exact) mass is 526 g/mol. The zero-order valence-corrected chi connectivity index (χ0v) is 18.8. The van der Waals surface area contributed by atoms with E-state index in [-0.39, 0.29) is 12.4 Å². The molecule has 0 aliphatic carbocycles. The van der Waals surface area contributed by atoms with E-state index in [2.05, 4.69) is 42.4 Å². The number of hydrazone groups is 1. The Morgan fingerprint density at radius 1 is 1.00 bits per heavy atom. The zero-order chi connectivity index (χ0) is 21.1. The second kappa shape index (κ2) is 8.85. The normalized spacial score (nSPS) is 11.3. The number of halogens is 2. The number of aromatic hydroxyl groups is 1. The Labute approximate surface area is 189 Å². The molecule has 0 aromatic heterocycles. The molecule has 30 heavy (non-hydrogen) atoms. The summed E-state index contributed by atoms with van der Waals surface area (Å²) in [5, 5.41) is 17.9. The number of phenolic OH excluding ortho intramolecular Hbond substituents is 1. The number of carbonyl (C=O) groups is 1. The maximum atomic E-state index is 12.1. The smallest absolute Gasteiger partial charge is 0.277 e. The number of rotatable bonds is 5. The predicted molar refractivity (Wildman–Crippen MR) is 126 cm³/mol. The molecule has 0 spiro atoms. The molecule has 0 radical (unpaired) electrons. The highest BCUT2D eigenvalue weighted by Crippen LogP contribution is 2.34. The molecule has 0 unspecified atom stereocenters. The highest BCUT2D eigenvalue weighted by atomic mass is 79.9. The number of benzene rings is 4. The molecule has 4 rings (SSSR count). The minimum absolute atomic E-state index is 0.0923. The maximum Gasteiger partial charge on any atom is 0.277 e. The first kappa shape index (κ1) is 20.4. The predicted octanol–water partition coefficient (Wildman–Crippen LogP) is 5.75. The van der Waals surface area contributed by atoms with Crippen molar-refractivity contribution in [2.75, 3.05) is 6.61 Å². The topological polar surface area (TPSA) is 70.9 Å². The summed E-state index contributed by atoms with van der Waals surface area (Å²) in [7, 11) is 0. The van der Waals surface area contributed by atoms with Gasteiger partial charge >= 0.3 is 0 Å². The molecule has 0 fully saturated rings. The molecule has 4 aromatic carbocycles. The molecule has 5 nitrogen and oxygen atoms in total. The fraction of sp³-hybridized carbons (Fsp3) is 0.0435. The van der Waals surface area contributed by atoms with Crippen molar-refractivity contribution in [2.45, 2.75) is 0 Å². The Morgan fingerprint density at radius 3 is 2.67 bits per heavy atom. The Bertz CT molecular complexity index is 1290. The van der Waals surface area contributed by atoms with E-state index in [0.717, 1.165) is 30.5 Å². The number of phenols is 1. The van der Waals surface area contributed by atoms with Gasteiger partial charge in [0.05, 0.1) is 10.7 Å². The maximum absolute atomic E-state index is 12.1. The molecule has 4 aromatic rings. The molecule has 0 bridgehead atoms. The van der Waals surface area contributed by atoms with Crippen LogP contribution in [0.15, 0.2) is 80.8 Å². The average molecular weight is 528 g/mol. The molecule has 0 aliphatic heterocycles. The fourth-order valence-electron chi connectivity index (χ4n) is 3.12. The number of nitrogens with zero attached hydrogens (tertiary/aromatic N) is 1. The van der Waals surface area contributed by atoms with Crippen LogP contribution in [0.3, 0.4) is 0 Å². The van der Waals surface area contributed by atoms with Gasteiger partial charge < -0.3 is 9.84 Å². The van der Waals surface area contributed by atoms with Crippen LogP contribution in [0, 0.1) is 0 Å². The van der Waals surface area contributed by atoms with Gasteiger partial charge in [0, 0.05) is 10.0 Å². The zero-order valence-electron chi connectivity index (χ0n) is 15.6. The van der Waals surface area contributed by atoms with Crippen LogP contribution < -0.4 is 10.2 Å². The van der Waals surface area contributed by atoms with E-state index in [1.165, 1.54) is 6.21 Å². The van der Waals surface area contributed by atoms with Crippen molar-refractivity contribution >= 4 is 65.5 Å². The Morgan fingerprint density at radius 2 is 1.80 bits per heavy atom. The van der Waals surface area contributed by atoms with Gasteiger partial charge in [-0.25, -0.2) is 5.43 Å². The van der Waals surface area contributed by atoms with Crippen molar-refractivity contribution in [3.8, 4) is 11.5 Å². The SMILES string of the molecule is O=C(COc1ccc2cc(Br)ccc2c1Br)NN=Cc1c(O)ccc2ccccc12. The summed E-state index contributed by atoms with van der Waals surface area (Å²) in [6.45, 7) is -0.195. The lowest BCUT2D eigenvalue weighted by Gasteiger charge is -2.10. The van der Waals surface area contributed by atoms with Crippen LogP contribution in [0.1, 0.15) is 5.56 Å². The highest BCUT2D eigenvalue weighted by Gasteiger charge is 2.09. The van der Waals surface area contributed by atoms with Gasteiger partial charge in [-0.15, -0.1) is 0 Å². The van der Waals surface area contributed by atoms with Crippen molar-refractivity contribution in [2.24, 2.45) is 5.10 Å². The third-order valence-corrected chi connectivity index (χ3v) is 5.88. The first-order valence-electron chi connectivity index (χ1n) is 9.06. The van der Waals surface area contributed by atoms with Gasteiger partial charge in [0.2, 0.25) is 0 Å². The summed E-state index contributed by atoms with van der Waals surface area (Å²) in [5.41, 5.74) is 2.97. The van der Waals surface area contributed by atoms with Crippen molar-refractivity contribution in [1.82, 2.24) is 5.43 Å². The third kappa shape index (κ3) is 4.32. The summed E-state index contributed by atoms with van der Waals surface area (Å²) < 4.78 is 7.41. The number of nitrogens with one attached hydrogen (secondary N) is 1. The van der Waals surface area contributed by atoms with Crippen LogP contribution in [-0.2, 0) is 4.79 Å². The number of carbonyl (C=O) groups excluding carboxylic acids is 1. The minimum Gasteiger partial charge on any atom is -0.507 e. The first-order chi connectivity index (χ1) is 14.5. The molecule has 0 saturated carbocycles. The largest absolute Gasteiger partial charge is 0.507 e. The van der Waals surface area contributed by atoms with Crippen molar-refractivity contribution < 1.29 is 14.6 Å². The lowest BCUT2D eigenvalue weighted by molar-refractivity contribution is -0.123. The summed E-state index contributed by atoms with van der Waals surface area (Å²) in [4.78, 5) is 12.1. The van der Waals surface area contributed by atoms with Crippen LogP contribution >= 0.6 is 31.9 Å². The van der Waals surface area contributed by atoms with E-state index in [0.29, 0.717) is 11.3 Å². The van der Waals surface area contributed by atoms with Crippen LogP contribution in [0.4, 0.5) is 0 Å². The first-order valence-corrected chi connectivity index (χ1v) is 10.6. The second-order valence-electron chi connectivity index (χ2n) is 6.54. The lowest BCUT2D eigenvalue weighted by Crippen LogP contribution is -2.24. The van der Waals surface area contributed by atoms with Gasteiger partial charge in [-0.3, -0.25) is 4.79 Å². The van der Waals surface area contributed by atoms with Crippen LogP contribution in [-0.4, -0.2) is 23.8 Å². The lowest BCUT2D eigenvalue weighted by atomic mass is 10.0. The van der Waals surface area contributed by atoms with Gasteiger partial charge in [-0.05, 0) is 61.7 Å². The van der Waals surface area contributed by atoms with Crippen molar-refractivity contribution in [3.05, 3.63) is 81.2 Å². The van der Waals surface area contributed by atoms with E-state index in [4.69, 9.17) is 4.74 Å². The minimum atomic E-state index is -0.409. The highest BCUT2D eigenvalue weighted by molar-refractivity contribution is 9.11. The Balaban J connectivity index is 1.43. The van der Waals surface area contributed by atoms with Gasteiger partial charge in [0.15, 0.2) is 6.61 Å². The number of fused-ring (bicyclic) bond motifs is 2. The van der Waals surface area contributed by atoms with Crippen LogP contribution in [0.25, 0.3) is 21.5 Å². The van der Waals surface area contributed by atoms with E-state index in [1.54, 1.807) is 6.07 Å².